The molecule has 0 atom stereocenters. The predicted molar refractivity (Wildman–Crippen MR) is 116 cm³/mol. The van der Waals surface area contributed by atoms with Crippen molar-refractivity contribution >= 4 is 23.3 Å². The highest BCUT2D eigenvalue weighted by atomic mass is 35.5. The number of nitrogens with one attached hydrogen (secondary N) is 1. The summed E-state index contributed by atoms with van der Waals surface area (Å²) in [5.41, 5.74) is 5.00. The molecule has 3 aromatic rings. The van der Waals surface area contributed by atoms with Crippen LogP contribution in [0.4, 0.5) is 5.69 Å². The minimum absolute atomic E-state index is 0.367. The first kappa shape index (κ1) is 19.5. The van der Waals surface area contributed by atoms with E-state index in [0.717, 1.165) is 59.4 Å². The number of ether oxygens (including phenoxy) is 1. The lowest BCUT2D eigenvalue weighted by Crippen LogP contribution is -2.44. The van der Waals surface area contributed by atoms with Gasteiger partial charge in [-0.1, -0.05) is 29.8 Å². The smallest absolute Gasteiger partial charge is 0.337 e. The largest absolute Gasteiger partial charge is 0.465 e. The van der Waals surface area contributed by atoms with Crippen molar-refractivity contribution in [2.45, 2.75) is 0 Å². The number of halogens is 1. The van der Waals surface area contributed by atoms with E-state index in [9.17, 15) is 4.79 Å². The maximum absolute atomic E-state index is 11.8. The van der Waals surface area contributed by atoms with Crippen LogP contribution in [-0.4, -0.2) is 61.4 Å². The third kappa shape index (κ3) is 4.13. The van der Waals surface area contributed by atoms with Crippen molar-refractivity contribution in [2.75, 3.05) is 45.2 Å². The topological polar surface area (TPSA) is 61.5 Å². The zero-order chi connectivity index (χ0) is 20.4. The molecule has 1 aliphatic rings. The van der Waals surface area contributed by atoms with Gasteiger partial charge < -0.3 is 14.5 Å². The minimum atomic E-state index is -0.367. The van der Waals surface area contributed by atoms with Gasteiger partial charge in [-0.2, -0.15) is 5.10 Å². The molecule has 1 fully saturated rings. The number of hydrogen-bond acceptors (Lipinski definition) is 5. The van der Waals surface area contributed by atoms with Crippen molar-refractivity contribution in [2.24, 2.45) is 0 Å². The van der Waals surface area contributed by atoms with Crippen molar-refractivity contribution in [3.05, 3.63) is 59.1 Å². The average Bonchev–Trinajstić information content (AvgIpc) is 3.24. The number of hydrogen-bond donors (Lipinski definition) is 1. The van der Waals surface area contributed by atoms with Gasteiger partial charge in [-0.05, 0) is 37.4 Å². The van der Waals surface area contributed by atoms with Crippen LogP contribution in [0.1, 0.15) is 10.4 Å². The number of H-pyrrole nitrogens is 1. The standard InChI is InChI=1S/C22H23ClN4O2/c1-26-8-10-27(11-9-26)21-7-6-16(13-18(21)23)20-14-19(24-25-20)15-4-3-5-17(12-15)22(28)29-2/h3-7,12-14H,8-11H2,1-2H3,(H,24,25). The lowest BCUT2D eigenvalue weighted by atomic mass is 10.1. The van der Waals surface area contributed by atoms with Crippen LogP contribution >= 0.6 is 11.6 Å². The number of methoxy groups -OCH3 is 1. The van der Waals surface area contributed by atoms with Gasteiger partial charge in [0.25, 0.3) is 0 Å². The lowest BCUT2D eigenvalue weighted by Gasteiger charge is -2.34. The number of likely N-dealkylation sites (N-methyl/N-ethyl adjacent to an activating group) is 1. The second-order valence-corrected chi connectivity index (χ2v) is 7.60. The van der Waals surface area contributed by atoms with E-state index in [1.165, 1.54) is 7.11 Å². The Morgan fingerprint density at radius 3 is 2.59 bits per heavy atom. The van der Waals surface area contributed by atoms with Gasteiger partial charge in [0.15, 0.2) is 0 Å². The van der Waals surface area contributed by atoms with Crippen LogP contribution in [0.25, 0.3) is 22.5 Å². The molecule has 0 unspecified atom stereocenters. The second kappa shape index (κ2) is 8.27. The van der Waals surface area contributed by atoms with Crippen molar-refractivity contribution in [1.29, 1.82) is 0 Å². The summed E-state index contributed by atoms with van der Waals surface area (Å²) in [5, 5.41) is 8.21. The van der Waals surface area contributed by atoms with Crippen LogP contribution in [0.2, 0.25) is 5.02 Å². The van der Waals surface area contributed by atoms with Crippen LogP contribution in [0.3, 0.4) is 0 Å². The average molecular weight is 411 g/mol. The fourth-order valence-electron chi connectivity index (χ4n) is 3.52. The van der Waals surface area contributed by atoms with E-state index in [1.807, 2.05) is 24.3 Å². The Kier molecular flexibility index (Phi) is 5.56. The van der Waals surface area contributed by atoms with E-state index in [0.29, 0.717) is 5.56 Å². The number of esters is 1. The molecule has 2 heterocycles. The van der Waals surface area contributed by atoms with Gasteiger partial charge in [-0.3, -0.25) is 5.10 Å². The van der Waals surface area contributed by atoms with E-state index >= 15 is 0 Å². The van der Waals surface area contributed by atoms with Gasteiger partial charge in [0, 0.05) is 37.3 Å². The summed E-state index contributed by atoms with van der Waals surface area (Å²) < 4.78 is 4.79. The minimum Gasteiger partial charge on any atom is -0.465 e. The van der Waals surface area contributed by atoms with Gasteiger partial charge in [0.05, 0.1) is 34.8 Å². The first-order valence-electron chi connectivity index (χ1n) is 9.53. The van der Waals surface area contributed by atoms with E-state index < -0.39 is 0 Å². The molecule has 1 aromatic heterocycles. The molecule has 2 aromatic carbocycles. The van der Waals surface area contributed by atoms with E-state index in [2.05, 4.69) is 39.2 Å². The molecule has 1 aliphatic heterocycles. The SMILES string of the molecule is COC(=O)c1cccc(-c2cc(-c3ccc(N4CCN(C)CC4)c(Cl)c3)[nH]n2)c1. The van der Waals surface area contributed by atoms with E-state index in [-0.39, 0.29) is 5.97 Å². The zero-order valence-corrected chi connectivity index (χ0v) is 17.2. The Bertz CT molecular complexity index is 1030. The van der Waals surface area contributed by atoms with Gasteiger partial charge >= 0.3 is 5.97 Å². The number of aromatic nitrogens is 2. The molecule has 4 rings (SSSR count). The molecule has 6 nitrogen and oxygen atoms in total. The third-order valence-corrected chi connectivity index (χ3v) is 5.56. The molecule has 150 valence electrons. The molecule has 0 amide bonds. The van der Waals surface area contributed by atoms with Crippen molar-refractivity contribution in [1.82, 2.24) is 15.1 Å². The first-order chi connectivity index (χ1) is 14.0. The Hall–Kier alpha value is -2.83. The van der Waals surface area contributed by atoms with Gasteiger partial charge in [0.2, 0.25) is 0 Å². The zero-order valence-electron chi connectivity index (χ0n) is 16.5. The van der Waals surface area contributed by atoms with Gasteiger partial charge in [-0.25, -0.2) is 4.79 Å². The lowest BCUT2D eigenvalue weighted by molar-refractivity contribution is 0.0601. The highest BCUT2D eigenvalue weighted by Crippen LogP contribution is 2.32. The summed E-state index contributed by atoms with van der Waals surface area (Å²) in [6.07, 6.45) is 0. The number of aromatic amines is 1. The fourth-order valence-corrected chi connectivity index (χ4v) is 3.82. The maximum atomic E-state index is 11.8. The molecule has 1 N–H and O–H groups in total. The Morgan fingerprint density at radius 1 is 1.07 bits per heavy atom. The number of piperazine rings is 1. The van der Waals surface area contributed by atoms with Crippen LogP contribution in [0, 0.1) is 0 Å². The summed E-state index contributed by atoms with van der Waals surface area (Å²) in [6.45, 7) is 4.01. The van der Waals surface area contributed by atoms with E-state index in [4.69, 9.17) is 16.3 Å². The van der Waals surface area contributed by atoms with Gasteiger partial charge in [0.1, 0.15) is 0 Å². The highest BCUT2D eigenvalue weighted by Gasteiger charge is 2.17. The Balaban J connectivity index is 1.57. The number of anilines is 1. The van der Waals surface area contributed by atoms with Crippen molar-refractivity contribution < 1.29 is 9.53 Å². The molecular weight excluding hydrogens is 388 g/mol. The van der Waals surface area contributed by atoms with Crippen LogP contribution in [-0.2, 0) is 4.74 Å². The number of benzene rings is 2. The molecule has 0 spiro atoms. The summed E-state index contributed by atoms with van der Waals surface area (Å²) in [4.78, 5) is 16.4. The van der Waals surface area contributed by atoms with E-state index in [1.54, 1.807) is 12.1 Å². The van der Waals surface area contributed by atoms with Crippen LogP contribution in [0.5, 0.6) is 0 Å². The molecule has 0 aliphatic carbocycles. The van der Waals surface area contributed by atoms with Crippen molar-refractivity contribution in [3.8, 4) is 22.5 Å². The summed E-state index contributed by atoms with van der Waals surface area (Å²) in [5.74, 6) is -0.367. The van der Waals surface area contributed by atoms with Crippen molar-refractivity contribution in [3.63, 3.8) is 0 Å². The van der Waals surface area contributed by atoms with Crippen LogP contribution < -0.4 is 4.90 Å². The summed E-state index contributed by atoms with van der Waals surface area (Å²) in [7, 11) is 3.51. The number of carbonyl (C=O) groups is 1. The predicted octanol–water partition coefficient (Wildman–Crippen LogP) is 3.94. The summed E-state index contributed by atoms with van der Waals surface area (Å²) >= 11 is 6.60. The number of rotatable bonds is 4. The molecule has 29 heavy (non-hydrogen) atoms. The molecule has 1 saturated heterocycles. The molecule has 0 radical (unpaired) electrons. The quantitative estimate of drug-likeness (QED) is 0.660. The van der Waals surface area contributed by atoms with Crippen LogP contribution in [0.15, 0.2) is 48.5 Å². The second-order valence-electron chi connectivity index (χ2n) is 7.20. The Labute approximate surface area is 175 Å². The Morgan fingerprint density at radius 2 is 1.86 bits per heavy atom. The monoisotopic (exact) mass is 410 g/mol. The fraction of sp³-hybridized carbons (Fsp3) is 0.273. The number of nitrogens with zero attached hydrogens (tertiary/aromatic N) is 3. The highest BCUT2D eigenvalue weighted by molar-refractivity contribution is 6.33. The molecule has 7 heteroatoms. The summed E-state index contributed by atoms with van der Waals surface area (Å²) in [6, 6.07) is 15.3. The normalized spacial score (nSPS) is 14.8. The molecule has 0 bridgehead atoms. The third-order valence-electron chi connectivity index (χ3n) is 5.26. The first-order valence-corrected chi connectivity index (χ1v) is 9.90. The molecular formula is C22H23ClN4O2. The maximum Gasteiger partial charge on any atom is 0.337 e. The number of carbonyl (C=O) groups excluding carboxylic acids is 1. The van der Waals surface area contributed by atoms with Gasteiger partial charge in [-0.15, -0.1) is 0 Å². The molecule has 0 saturated carbocycles.